The fourth-order valence-electron chi connectivity index (χ4n) is 4.23. The van der Waals surface area contributed by atoms with E-state index in [0.29, 0.717) is 0 Å². The van der Waals surface area contributed by atoms with E-state index in [-0.39, 0.29) is 16.6 Å². The van der Waals surface area contributed by atoms with Crippen LogP contribution in [0, 0.1) is 10.8 Å². The number of rotatable bonds is 2. The van der Waals surface area contributed by atoms with E-state index >= 15 is 0 Å². The quantitative estimate of drug-likeness (QED) is 0.785. The Labute approximate surface area is 148 Å². The van der Waals surface area contributed by atoms with E-state index in [4.69, 9.17) is 0 Å². The van der Waals surface area contributed by atoms with Gasteiger partial charge in [0.05, 0.1) is 11.1 Å². The molecule has 0 radical (unpaired) electrons. The van der Waals surface area contributed by atoms with Gasteiger partial charge >= 0.3 is 18.3 Å². The van der Waals surface area contributed by atoms with Gasteiger partial charge < -0.3 is 10.0 Å². The number of carboxylic acid groups (broad SMARTS) is 1. The molecule has 10 heteroatoms. The lowest BCUT2D eigenvalue weighted by atomic mass is 9.96. The van der Waals surface area contributed by atoms with Crippen LogP contribution in [0.25, 0.3) is 10.9 Å². The molecule has 1 aromatic carbocycles. The molecular formula is C17H12F6N2O2. The van der Waals surface area contributed by atoms with E-state index in [2.05, 4.69) is 4.98 Å². The molecule has 1 aliphatic heterocycles. The van der Waals surface area contributed by atoms with Gasteiger partial charge in [-0.2, -0.15) is 26.3 Å². The minimum atomic E-state index is -4.72. The van der Waals surface area contributed by atoms with Gasteiger partial charge in [0, 0.05) is 30.4 Å². The Morgan fingerprint density at radius 3 is 2.37 bits per heavy atom. The highest BCUT2D eigenvalue weighted by atomic mass is 19.4. The summed E-state index contributed by atoms with van der Waals surface area (Å²) in [4.78, 5) is 16.5. The van der Waals surface area contributed by atoms with Crippen LogP contribution in [0.5, 0.6) is 0 Å². The van der Waals surface area contributed by atoms with Crippen molar-refractivity contribution < 1.29 is 36.2 Å². The van der Waals surface area contributed by atoms with Crippen LogP contribution in [0.4, 0.5) is 32.0 Å². The number of halogens is 6. The van der Waals surface area contributed by atoms with Crippen LogP contribution in [-0.2, 0) is 11.0 Å². The smallest absolute Gasteiger partial charge is 0.418 e. The monoisotopic (exact) mass is 390 g/mol. The van der Waals surface area contributed by atoms with Crippen molar-refractivity contribution in [2.45, 2.75) is 18.8 Å². The third kappa shape index (κ3) is 2.24. The molecule has 1 N–H and O–H groups in total. The van der Waals surface area contributed by atoms with E-state index in [1.54, 1.807) is 0 Å². The number of aliphatic carboxylic acids is 1. The zero-order chi connectivity index (χ0) is 19.8. The molecular weight excluding hydrogens is 378 g/mol. The second-order valence-electron chi connectivity index (χ2n) is 7.03. The molecule has 0 bridgehead atoms. The lowest BCUT2D eigenvalue weighted by Crippen LogP contribution is -2.34. The van der Waals surface area contributed by atoms with Gasteiger partial charge in [0.2, 0.25) is 0 Å². The number of hydrogen-bond donors (Lipinski definition) is 1. The molecule has 1 aliphatic carbocycles. The van der Waals surface area contributed by atoms with E-state index in [1.807, 2.05) is 0 Å². The van der Waals surface area contributed by atoms with Crippen LogP contribution >= 0.6 is 0 Å². The van der Waals surface area contributed by atoms with Crippen molar-refractivity contribution in [2.24, 2.45) is 10.8 Å². The Morgan fingerprint density at radius 2 is 1.81 bits per heavy atom. The Bertz CT molecular complexity index is 957. The maximum absolute atomic E-state index is 13.6. The lowest BCUT2D eigenvalue weighted by molar-refractivity contribution is -0.194. The number of piperidine rings is 1. The Hall–Kier alpha value is -2.52. The summed E-state index contributed by atoms with van der Waals surface area (Å²) in [6.07, 6.45) is -8.75. The molecule has 2 fully saturated rings. The van der Waals surface area contributed by atoms with Gasteiger partial charge in [-0.05, 0) is 30.7 Å². The van der Waals surface area contributed by atoms with Gasteiger partial charge in [-0.1, -0.05) is 0 Å². The Balaban J connectivity index is 1.83. The molecule has 2 atom stereocenters. The molecule has 1 saturated heterocycles. The van der Waals surface area contributed by atoms with Gasteiger partial charge in [0.25, 0.3) is 0 Å². The minimum absolute atomic E-state index is 0.0338. The van der Waals surface area contributed by atoms with Crippen molar-refractivity contribution in [3.8, 4) is 0 Å². The molecule has 2 heterocycles. The first-order chi connectivity index (χ1) is 12.4. The Kier molecular flexibility index (Phi) is 3.34. The van der Waals surface area contributed by atoms with Crippen LogP contribution in [0.3, 0.4) is 0 Å². The number of anilines is 1. The summed E-state index contributed by atoms with van der Waals surface area (Å²) in [5, 5.41) is 9.42. The molecule has 2 aromatic rings. The first-order valence-electron chi connectivity index (χ1n) is 7.93. The summed E-state index contributed by atoms with van der Waals surface area (Å²) >= 11 is 0. The largest absolute Gasteiger partial charge is 0.481 e. The molecule has 2 unspecified atom stereocenters. The summed E-state index contributed by atoms with van der Waals surface area (Å²) in [6, 6.07) is 4.57. The first kappa shape index (κ1) is 17.9. The van der Waals surface area contributed by atoms with Crippen molar-refractivity contribution >= 4 is 22.6 Å². The lowest BCUT2D eigenvalue weighted by Gasteiger charge is -2.26. The maximum atomic E-state index is 13.6. The standard InChI is InChI=1S/C17H12F6N2O2/c18-16(19,20)10-3-4-11(9-2-1-5-24-12(9)10)25-7-14(13(26)27)6-15(14,8-25)17(21,22)23/h1-5H,6-8H2,(H,26,27). The highest BCUT2D eigenvalue weighted by molar-refractivity contribution is 5.95. The highest BCUT2D eigenvalue weighted by Gasteiger charge is 2.86. The van der Waals surface area contributed by atoms with Gasteiger partial charge in [-0.3, -0.25) is 9.78 Å². The summed E-state index contributed by atoms with van der Waals surface area (Å²) in [7, 11) is 0. The van der Waals surface area contributed by atoms with Crippen molar-refractivity contribution in [3.63, 3.8) is 0 Å². The number of hydrogen-bond acceptors (Lipinski definition) is 3. The molecule has 4 rings (SSSR count). The molecule has 0 spiro atoms. The van der Waals surface area contributed by atoms with E-state index in [0.717, 1.165) is 12.1 Å². The van der Waals surface area contributed by atoms with Crippen molar-refractivity contribution in [1.82, 2.24) is 4.98 Å². The first-order valence-corrected chi connectivity index (χ1v) is 7.93. The molecule has 27 heavy (non-hydrogen) atoms. The number of benzene rings is 1. The summed E-state index contributed by atoms with van der Waals surface area (Å²) in [5.74, 6) is -1.54. The SMILES string of the molecule is O=C(O)C12CN(c3ccc(C(F)(F)F)c4ncccc34)CC1(C(F)(F)F)C2. The molecule has 0 amide bonds. The molecule has 144 valence electrons. The number of nitrogens with zero attached hydrogens (tertiary/aromatic N) is 2. The van der Waals surface area contributed by atoms with Gasteiger partial charge in [0.15, 0.2) is 0 Å². The number of aromatic nitrogens is 1. The van der Waals surface area contributed by atoms with Crippen LogP contribution in [0.2, 0.25) is 0 Å². The van der Waals surface area contributed by atoms with Crippen molar-refractivity contribution in [3.05, 3.63) is 36.0 Å². The second kappa shape index (κ2) is 5.05. The van der Waals surface area contributed by atoms with Gasteiger partial charge in [-0.15, -0.1) is 0 Å². The highest BCUT2D eigenvalue weighted by Crippen LogP contribution is 2.75. The normalized spacial score (nSPS) is 27.7. The number of carbonyl (C=O) groups is 1. The second-order valence-corrected chi connectivity index (χ2v) is 7.03. The number of pyridine rings is 1. The topological polar surface area (TPSA) is 53.4 Å². The number of alkyl halides is 6. The average molecular weight is 390 g/mol. The zero-order valence-electron chi connectivity index (χ0n) is 13.5. The third-order valence-corrected chi connectivity index (χ3v) is 5.66. The predicted octanol–water partition coefficient (Wildman–Crippen LogP) is 4.10. The third-order valence-electron chi connectivity index (χ3n) is 5.66. The fraction of sp³-hybridized carbons (Fsp3) is 0.412. The summed E-state index contributed by atoms with van der Waals surface area (Å²) in [6.45, 7) is -1.03. The van der Waals surface area contributed by atoms with Gasteiger partial charge in [-0.25, -0.2) is 0 Å². The van der Waals surface area contributed by atoms with Crippen molar-refractivity contribution in [1.29, 1.82) is 0 Å². The summed E-state index contributed by atoms with van der Waals surface area (Å²) < 4.78 is 80.3. The van der Waals surface area contributed by atoms with E-state index < -0.39 is 54.2 Å². The molecule has 1 saturated carbocycles. The van der Waals surface area contributed by atoms with Gasteiger partial charge in [0.1, 0.15) is 10.8 Å². The Morgan fingerprint density at radius 1 is 1.11 bits per heavy atom. The molecule has 1 aromatic heterocycles. The van der Waals surface area contributed by atoms with Crippen molar-refractivity contribution in [2.75, 3.05) is 18.0 Å². The van der Waals surface area contributed by atoms with Crippen LogP contribution in [0.15, 0.2) is 30.5 Å². The van der Waals surface area contributed by atoms with Crippen LogP contribution in [0.1, 0.15) is 12.0 Å². The minimum Gasteiger partial charge on any atom is -0.481 e. The fourth-order valence-corrected chi connectivity index (χ4v) is 4.23. The number of carboxylic acids is 1. The maximum Gasteiger partial charge on any atom is 0.418 e. The van der Waals surface area contributed by atoms with E-state index in [9.17, 15) is 36.2 Å². The summed E-state index contributed by atoms with van der Waals surface area (Å²) in [5.41, 5.74) is -5.62. The predicted molar refractivity (Wildman–Crippen MR) is 82.1 cm³/mol. The van der Waals surface area contributed by atoms with Crippen LogP contribution in [-0.4, -0.2) is 35.3 Å². The van der Waals surface area contributed by atoms with Crippen LogP contribution < -0.4 is 4.90 Å². The molecule has 2 aliphatic rings. The average Bonchev–Trinajstić information content (AvgIpc) is 3.11. The van der Waals surface area contributed by atoms with E-state index in [1.165, 1.54) is 23.2 Å². The molecule has 4 nitrogen and oxygen atoms in total. The number of fused-ring (bicyclic) bond motifs is 2. The zero-order valence-corrected chi connectivity index (χ0v) is 13.5.